The molecule has 0 amide bonds. The molecule has 0 aliphatic rings. The molecule has 0 aliphatic carbocycles. The van der Waals surface area contributed by atoms with Crippen LogP contribution in [0.25, 0.3) is 0 Å². The number of hydrogen-bond acceptors (Lipinski definition) is 2. The van der Waals surface area contributed by atoms with Crippen molar-refractivity contribution in [3.05, 3.63) is 35.4 Å². The zero-order chi connectivity index (χ0) is 18.4. The van der Waals surface area contributed by atoms with Gasteiger partial charge in [0.1, 0.15) is 5.52 Å². The van der Waals surface area contributed by atoms with Crippen LogP contribution in [0.1, 0.15) is 79.9 Å². The fourth-order valence-corrected chi connectivity index (χ4v) is 0.824. The Morgan fingerprint density at radius 3 is 1.52 bits per heavy atom. The van der Waals surface area contributed by atoms with Gasteiger partial charge in [-0.15, -0.1) is 0 Å². The molecule has 0 saturated carbocycles. The van der Waals surface area contributed by atoms with Gasteiger partial charge in [0.25, 0.3) is 0 Å². The highest BCUT2D eigenvalue weighted by molar-refractivity contribution is 7.39. The van der Waals surface area contributed by atoms with Gasteiger partial charge in [-0.05, 0) is 39.0 Å². The Balaban J connectivity index is -0.0000000664. The summed E-state index contributed by atoms with van der Waals surface area (Å²) >= 11 is 0. The molecular weight excluding hydrogens is 301 g/mol. The maximum Gasteiger partial charge on any atom is 0.145 e. The lowest BCUT2D eigenvalue weighted by molar-refractivity contribution is -0.109. The first-order valence-corrected chi connectivity index (χ1v) is 8.73. The lowest BCUT2D eigenvalue weighted by atomic mass is 10.1. The topological polar surface area (TPSA) is 40.9 Å². The molecule has 0 radical (unpaired) electrons. The van der Waals surface area contributed by atoms with E-state index in [1.165, 1.54) is 37.1 Å². The second-order valence-electron chi connectivity index (χ2n) is 4.24. The lowest BCUT2D eigenvalue weighted by Gasteiger charge is -1.94. The predicted octanol–water partition coefficient (Wildman–Crippen LogP) is 7.09. The van der Waals surface area contributed by atoms with Crippen molar-refractivity contribution in [3.8, 4) is 0 Å². The monoisotopic (exact) mass is 343 g/mol. The van der Waals surface area contributed by atoms with Crippen LogP contribution in [-0.2, 0) is 11.2 Å². The Labute approximate surface area is 149 Å². The molecule has 0 fully saturated rings. The number of rotatable bonds is 2. The van der Waals surface area contributed by atoms with Crippen LogP contribution in [0.3, 0.4) is 0 Å². The van der Waals surface area contributed by atoms with Crippen LogP contribution in [0.2, 0.25) is 0 Å². The third-order valence-corrected chi connectivity index (χ3v) is 2.03. The number of carbonyl (C=O) groups is 1. The van der Waals surface area contributed by atoms with Crippen LogP contribution in [-0.4, -0.2) is 11.7 Å². The Kier molecular flexibility index (Phi) is 47.9. The van der Waals surface area contributed by atoms with Gasteiger partial charge in [-0.3, -0.25) is 4.79 Å². The predicted molar refractivity (Wildman–Crippen MR) is 114 cm³/mol. The van der Waals surface area contributed by atoms with E-state index in [4.69, 9.17) is 5.41 Å². The molecule has 0 bridgehead atoms. The first-order chi connectivity index (χ1) is 10.4. The highest BCUT2D eigenvalue weighted by Gasteiger charge is 1.84. The molecule has 138 valence electrons. The Morgan fingerprint density at radius 2 is 1.35 bits per heavy atom. The molecule has 1 aromatic rings. The largest absolute Gasteiger partial charge is 0.313 e. The van der Waals surface area contributed by atoms with E-state index in [9.17, 15) is 4.79 Å². The van der Waals surface area contributed by atoms with Crippen LogP contribution in [0.5, 0.6) is 0 Å². The second kappa shape index (κ2) is 32.8. The summed E-state index contributed by atoms with van der Waals surface area (Å²) in [6, 6.07) is 8.66. The number of benzene rings is 1. The first-order valence-electron chi connectivity index (χ1n) is 8.16. The average molecular weight is 344 g/mol. The maximum atomic E-state index is 9.41. The fourth-order valence-electron chi connectivity index (χ4n) is 0.824. The molecular formula is C20H42NOP. The van der Waals surface area contributed by atoms with Gasteiger partial charge in [-0.1, -0.05) is 94.0 Å². The van der Waals surface area contributed by atoms with Gasteiger partial charge in [0.2, 0.25) is 0 Å². The number of hydrogen-bond donors (Lipinski definition) is 1. The SMILES string of the molecule is C.CC.CC(=O)P.CC=N.CCCC.CCc1ccc(C)cc1. The van der Waals surface area contributed by atoms with Crippen LogP contribution in [0.15, 0.2) is 24.3 Å². The summed E-state index contributed by atoms with van der Waals surface area (Å²) in [6.45, 7) is 15.8. The van der Waals surface area contributed by atoms with E-state index in [2.05, 4.69) is 52.0 Å². The zero-order valence-electron chi connectivity index (χ0n) is 16.0. The molecule has 1 N–H and O–H groups in total. The van der Waals surface area contributed by atoms with Crippen LogP contribution in [0.4, 0.5) is 0 Å². The minimum atomic E-state index is 0. The van der Waals surface area contributed by atoms with Crippen LogP contribution >= 0.6 is 9.24 Å². The molecule has 1 rings (SSSR count). The number of nitrogens with one attached hydrogen (secondary N) is 1. The molecule has 1 unspecified atom stereocenters. The summed E-state index contributed by atoms with van der Waals surface area (Å²) in [5, 5.41) is 6.08. The van der Waals surface area contributed by atoms with E-state index in [0.29, 0.717) is 0 Å². The molecule has 0 saturated heterocycles. The molecule has 1 atom stereocenters. The van der Waals surface area contributed by atoms with Crippen molar-refractivity contribution in [2.75, 3.05) is 0 Å². The quantitative estimate of drug-likeness (QED) is 0.452. The Morgan fingerprint density at radius 1 is 1.09 bits per heavy atom. The van der Waals surface area contributed by atoms with Crippen molar-refractivity contribution in [1.82, 2.24) is 0 Å². The summed E-state index contributed by atoms with van der Waals surface area (Å²) in [5.74, 6) is 0. The fraction of sp³-hybridized carbons (Fsp3) is 0.600. The van der Waals surface area contributed by atoms with Crippen molar-refractivity contribution in [2.45, 2.75) is 82.1 Å². The van der Waals surface area contributed by atoms with Gasteiger partial charge in [0.15, 0.2) is 0 Å². The van der Waals surface area contributed by atoms with Gasteiger partial charge < -0.3 is 5.41 Å². The molecule has 1 aromatic carbocycles. The minimum absolute atomic E-state index is 0. The smallest absolute Gasteiger partial charge is 0.145 e. The standard InChI is InChI=1S/C9H12.C4H10.C2H5N.C2H5OP.C2H6.CH4/c1-3-9-6-4-8(2)5-7-9;1-3-4-2;1-2-3;1-2(3)4;1-2;/h4-7H,3H2,1-2H3;3-4H2,1-2H3;2-3H,1H3;4H2,1H3;1-2H3;1H4. The molecule has 23 heavy (non-hydrogen) atoms. The molecule has 0 aromatic heterocycles. The van der Waals surface area contributed by atoms with Crippen molar-refractivity contribution in [2.24, 2.45) is 0 Å². The van der Waals surface area contributed by atoms with Gasteiger partial charge in [-0.2, -0.15) is 0 Å². The van der Waals surface area contributed by atoms with Crippen LogP contribution in [0, 0.1) is 12.3 Å². The van der Waals surface area contributed by atoms with Crippen molar-refractivity contribution in [1.29, 1.82) is 5.41 Å². The molecule has 0 aliphatic heterocycles. The molecule has 3 heteroatoms. The van der Waals surface area contributed by atoms with Gasteiger partial charge in [-0.25, -0.2) is 0 Å². The van der Waals surface area contributed by atoms with Crippen molar-refractivity contribution in [3.63, 3.8) is 0 Å². The highest BCUT2D eigenvalue weighted by Crippen LogP contribution is 2.02. The first kappa shape index (κ1) is 33.6. The van der Waals surface area contributed by atoms with Gasteiger partial charge in [0, 0.05) is 0 Å². The third-order valence-electron chi connectivity index (χ3n) is 2.03. The summed E-state index contributed by atoms with van der Waals surface area (Å²) in [5.41, 5.74) is 2.84. The van der Waals surface area contributed by atoms with E-state index in [-0.39, 0.29) is 13.0 Å². The van der Waals surface area contributed by atoms with Crippen molar-refractivity contribution < 1.29 is 4.79 Å². The Hall–Kier alpha value is -1.01. The minimum Gasteiger partial charge on any atom is -0.313 e. The van der Waals surface area contributed by atoms with E-state index >= 15 is 0 Å². The normalized spacial score (nSPS) is 7.00. The van der Waals surface area contributed by atoms with Crippen LogP contribution < -0.4 is 0 Å². The summed E-state index contributed by atoms with van der Waals surface area (Å²) < 4.78 is 0. The summed E-state index contributed by atoms with van der Waals surface area (Å²) in [7, 11) is 2.02. The summed E-state index contributed by atoms with van der Waals surface area (Å²) in [4.78, 5) is 9.41. The Bertz CT molecular complexity index is 315. The average Bonchev–Trinajstić information content (AvgIpc) is 2.50. The van der Waals surface area contributed by atoms with Gasteiger partial charge in [0.05, 0.1) is 0 Å². The number of unbranched alkanes of at least 4 members (excludes halogenated alkanes) is 1. The molecule has 0 spiro atoms. The summed E-state index contributed by atoms with van der Waals surface area (Å²) in [6.07, 6.45) is 5.03. The highest BCUT2D eigenvalue weighted by atomic mass is 31.0. The molecule has 2 nitrogen and oxygen atoms in total. The van der Waals surface area contributed by atoms with E-state index < -0.39 is 0 Å². The second-order valence-corrected chi connectivity index (χ2v) is 5.05. The van der Waals surface area contributed by atoms with E-state index in [1.54, 1.807) is 6.92 Å². The zero-order valence-corrected chi connectivity index (χ0v) is 17.1. The molecule has 0 heterocycles. The van der Waals surface area contributed by atoms with Gasteiger partial charge >= 0.3 is 0 Å². The van der Waals surface area contributed by atoms with E-state index in [0.717, 1.165) is 6.42 Å². The third kappa shape index (κ3) is 52.7. The lowest BCUT2D eigenvalue weighted by Crippen LogP contribution is -1.77. The van der Waals surface area contributed by atoms with Crippen molar-refractivity contribution >= 4 is 21.0 Å². The maximum absolute atomic E-state index is 9.41. The van der Waals surface area contributed by atoms with E-state index in [1.807, 2.05) is 23.1 Å². The number of carbonyl (C=O) groups excluding carboxylic acids is 1. The number of aryl methyl sites for hydroxylation is 2.